The van der Waals surface area contributed by atoms with Crippen molar-refractivity contribution in [1.29, 1.82) is 0 Å². The fraction of sp³-hybridized carbons (Fsp3) is 0.375. The molecule has 1 aromatic heterocycles. The van der Waals surface area contributed by atoms with Crippen molar-refractivity contribution in [2.24, 2.45) is 11.8 Å². The maximum absolute atomic E-state index is 12.4. The van der Waals surface area contributed by atoms with E-state index in [1.165, 1.54) is 0 Å². The topological polar surface area (TPSA) is 80.2 Å². The number of carbonyl (C=O) groups is 1. The van der Waals surface area contributed by atoms with Crippen molar-refractivity contribution in [2.45, 2.75) is 25.8 Å². The molecule has 1 N–H and O–H groups in total. The molecular weight excluding hydrogens is 392 g/mol. The van der Waals surface area contributed by atoms with Crippen LogP contribution < -0.4 is 10.4 Å². The van der Waals surface area contributed by atoms with Gasteiger partial charge in [-0.25, -0.2) is 9.89 Å². The van der Waals surface area contributed by atoms with Crippen molar-refractivity contribution in [3.8, 4) is 28.3 Å². The summed E-state index contributed by atoms with van der Waals surface area (Å²) in [6.07, 6.45) is 2.97. The number of hydrogen-bond acceptors (Lipinski definition) is 4. The highest BCUT2D eigenvalue weighted by Crippen LogP contribution is 2.33. The highest BCUT2D eigenvalue weighted by atomic mass is 16.5. The van der Waals surface area contributed by atoms with Gasteiger partial charge in [-0.05, 0) is 48.4 Å². The van der Waals surface area contributed by atoms with E-state index >= 15 is 0 Å². The molecule has 1 saturated heterocycles. The summed E-state index contributed by atoms with van der Waals surface area (Å²) < 4.78 is 7.02. The molecule has 3 aromatic rings. The first-order valence-electron chi connectivity index (χ1n) is 10.8. The second-order valence-corrected chi connectivity index (χ2v) is 8.49. The van der Waals surface area contributed by atoms with Crippen LogP contribution in [0.1, 0.15) is 19.3 Å². The van der Waals surface area contributed by atoms with Crippen LogP contribution in [0.4, 0.5) is 0 Å². The zero-order valence-electron chi connectivity index (χ0n) is 17.6. The molecule has 2 heterocycles. The fourth-order valence-electron chi connectivity index (χ4n) is 4.35. The third kappa shape index (κ3) is 4.00. The van der Waals surface area contributed by atoms with Crippen molar-refractivity contribution in [1.82, 2.24) is 19.7 Å². The van der Waals surface area contributed by atoms with Crippen molar-refractivity contribution in [3.05, 3.63) is 59.0 Å². The minimum absolute atomic E-state index is 0.209. The summed E-state index contributed by atoms with van der Waals surface area (Å²) in [5.74, 6) is 2.25. The van der Waals surface area contributed by atoms with Gasteiger partial charge in [0, 0.05) is 31.1 Å². The van der Waals surface area contributed by atoms with Gasteiger partial charge < -0.3 is 9.64 Å². The number of benzene rings is 2. The van der Waals surface area contributed by atoms with E-state index in [2.05, 4.69) is 10.2 Å². The Morgan fingerprint density at radius 2 is 1.87 bits per heavy atom. The van der Waals surface area contributed by atoms with Crippen LogP contribution in [0.3, 0.4) is 0 Å². The molecule has 160 valence electrons. The van der Waals surface area contributed by atoms with Crippen molar-refractivity contribution in [2.75, 3.05) is 20.2 Å². The molecule has 1 atom stereocenters. The van der Waals surface area contributed by atoms with Gasteiger partial charge >= 0.3 is 5.69 Å². The Morgan fingerprint density at radius 1 is 1.10 bits per heavy atom. The number of hydrogen-bond donors (Lipinski definition) is 1. The van der Waals surface area contributed by atoms with Crippen LogP contribution in [0.2, 0.25) is 0 Å². The van der Waals surface area contributed by atoms with Crippen LogP contribution in [0.25, 0.3) is 22.5 Å². The van der Waals surface area contributed by atoms with Gasteiger partial charge in [0.25, 0.3) is 0 Å². The maximum Gasteiger partial charge on any atom is 0.343 e. The summed E-state index contributed by atoms with van der Waals surface area (Å²) in [6, 6.07) is 15.9. The molecular formula is C24H26N4O3. The summed E-state index contributed by atoms with van der Waals surface area (Å²) in [5.41, 5.74) is 2.81. The SMILES string of the molecule is COc1cccc(-c2ccc(-c3n[nH]c(=O)n3C[C@@H]3CCN(C(=O)C4CC4)C3)cc2)c1. The number of rotatable bonds is 6. The first kappa shape index (κ1) is 19.6. The van der Waals surface area contributed by atoms with E-state index in [4.69, 9.17) is 4.74 Å². The van der Waals surface area contributed by atoms with E-state index in [-0.39, 0.29) is 23.4 Å². The molecule has 2 aliphatic rings. The molecule has 1 saturated carbocycles. The van der Waals surface area contributed by atoms with Crippen molar-refractivity contribution >= 4 is 5.91 Å². The number of amides is 1. The fourth-order valence-corrected chi connectivity index (χ4v) is 4.35. The molecule has 1 aliphatic heterocycles. The van der Waals surface area contributed by atoms with Gasteiger partial charge in [0.1, 0.15) is 5.75 Å². The van der Waals surface area contributed by atoms with Crippen LogP contribution in [0.5, 0.6) is 5.75 Å². The molecule has 0 bridgehead atoms. The van der Waals surface area contributed by atoms with Gasteiger partial charge in [0.2, 0.25) is 5.91 Å². The second kappa shape index (κ2) is 8.06. The van der Waals surface area contributed by atoms with E-state index in [1.54, 1.807) is 11.7 Å². The summed E-state index contributed by atoms with van der Waals surface area (Å²) in [5, 5.41) is 6.87. The minimum Gasteiger partial charge on any atom is -0.497 e. The number of nitrogens with one attached hydrogen (secondary N) is 1. The van der Waals surface area contributed by atoms with Gasteiger partial charge in [0.05, 0.1) is 7.11 Å². The average molecular weight is 418 g/mol. The Morgan fingerprint density at radius 3 is 2.61 bits per heavy atom. The van der Waals surface area contributed by atoms with E-state index in [0.29, 0.717) is 12.4 Å². The minimum atomic E-state index is -0.209. The quantitative estimate of drug-likeness (QED) is 0.667. The lowest BCUT2D eigenvalue weighted by Gasteiger charge is -2.16. The van der Waals surface area contributed by atoms with Gasteiger partial charge in [0.15, 0.2) is 5.82 Å². The number of aromatic nitrogens is 3. The summed E-state index contributed by atoms with van der Waals surface area (Å²) in [6.45, 7) is 2.08. The molecule has 1 aliphatic carbocycles. The highest BCUT2D eigenvalue weighted by molar-refractivity contribution is 5.81. The van der Waals surface area contributed by atoms with E-state index < -0.39 is 0 Å². The highest BCUT2D eigenvalue weighted by Gasteiger charge is 2.36. The van der Waals surface area contributed by atoms with E-state index in [9.17, 15) is 9.59 Å². The Kier molecular flexibility index (Phi) is 5.10. The standard InChI is InChI=1S/C24H26N4O3/c1-31-21-4-2-3-20(13-21)17-5-7-18(8-6-17)22-25-26-24(30)28(22)15-16-11-12-27(14-16)23(29)19-9-10-19/h2-8,13,16,19H,9-12,14-15H2,1H3,(H,26,30)/t16-/m1/s1. The second-order valence-electron chi connectivity index (χ2n) is 8.49. The number of aromatic amines is 1. The number of ether oxygens (including phenoxy) is 1. The number of nitrogens with zero attached hydrogens (tertiary/aromatic N) is 3. The molecule has 0 unspecified atom stereocenters. The van der Waals surface area contributed by atoms with Crippen LogP contribution in [-0.2, 0) is 11.3 Å². The third-order valence-electron chi connectivity index (χ3n) is 6.27. The van der Waals surface area contributed by atoms with Crippen molar-refractivity contribution in [3.63, 3.8) is 0 Å². The predicted octanol–water partition coefficient (Wildman–Crippen LogP) is 3.17. The van der Waals surface area contributed by atoms with Crippen LogP contribution >= 0.6 is 0 Å². The Hall–Kier alpha value is -3.35. The van der Waals surface area contributed by atoms with E-state index in [0.717, 1.165) is 54.8 Å². The number of carbonyl (C=O) groups excluding carboxylic acids is 1. The van der Waals surface area contributed by atoms with Gasteiger partial charge in [-0.1, -0.05) is 36.4 Å². The predicted molar refractivity (Wildman–Crippen MR) is 118 cm³/mol. The van der Waals surface area contributed by atoms with Crippen molar-refractivity contribution < 1.29 is 9.53 Å². The van der Waals surface area contributed by atoms with Crippen LogP contribution in [0.15, 0.2) is 53.3 Å². The number of methoxy groups -OCH3 is 1. The zero-order valence-corrected chi connectivity index (χ0v) is 17.6. The summed E-state index contributed by atoms with van der Waals surface area (Å²) >= 11 is 0. The maximum atomic E-state index is 12.4. The third-order valence-corrected chi connectivity index (χ3v) is 6.27. The lowest BCUT2D eigenvalue weighted by atomic mass is 10.0. The first-order chi connectivity index (χ1) is 15.1. The molecule has 31 heavy (non-hydrogen) atoms. The molecule has 0 radical (unpaired) electrons. The largest absolute Gasteiger partial charge is 0.497 e. The van der Waals surface area contributed by atoms with E-state index in [1.807, 2.05) is 53.4 Å². The molecule has 2 fully saturated rings. The summed E-state index contributed by atoms with van der Waals surface area (Å²) in [7, 11) is 1.66. The lowest BCUT2D eigenvalue weighted by Crippen LogP contribution is -2.31. The molecule has 5 rings (SSSR count). The molecule has 1 amide bonds. The molecule has 7 nitrogen and oxygen atoms in total. The Labute approximate surface area is 180 Å². The summed E-state index contributed by atoms with van der Waals surface area (Å²) in [4.78, 5) is 26.7. The average Bonchev–Trinajstić information content (AvgIpc) is 3.46. The molecule has 2 aromatic carbocycles. The van der Waals surface area contributed by atoms with Crippen LogP contribution in [0, 0.1) is 11.8 Å². The monoisotopic (exact) mass is 418 g/mol. The zero-order chi connectivity index (χ0) is 21.4. The van der Waals surface area contributed by atoms with Gasteiger partial charge in [-0.2, -0.15) is 5.10 Å². The molecule has 0 spiro atoms. The van der Waals surface area contributed by atoms with Gasteiger partial charge in [-0.3, -0.25) is 9.36 Å². The molecule has 7 heteroatoms. The normalized spacial score (nSPS) is 18.4. The Bertz CT molecular complexity index is 1140. The number of likely N-dealkylation sites (tertiary alicyclic amines) is 1. The number of H-pyrrole nitrogens is 1. The smallest absolute Gasteiger partial charge is 0.343 e. The Balaban J connectivity index is 1.33. The lowest BCUT2D eigenvalue weighted by molar-refractivity contribution is -0.131. The first-order valence-corrected chi connectivity index (χ1v) is 10.8. The van der Waals surface area contributed by atoms with Gasteiger partial charge in [-0.15, -0.1) is 0 Å². The van der Waals surface area contributed by atoms with Crippen LogP contribution in [-0.4, -0.2) is 45.8 Å².